The number of hydrogen-bond donors (Lipinski definition) is 1. The molecule has 0 radical (unpaired) electrons. The number of ether oxygens (including phenoxy) is 1. The highest BCUT2D eigenvalue weighted by Crippen LogP contribution is 2.57. The molecule has 2 aliphatic rings. The molecule has 1 N–H and O–H groups in total. The number of rotatable bonds is 6. The maximum atomic E-state index is 5.89. The summed E-state index contributed by atoms with van der Waals surface area (Å²) in [6, 6.07) is 0.623. The van der Waals surface area contributed by atoms with Gasteiger partial charge in [0.1, 0.15) is 0 Å². The molecule has 1 aromatic rings. The molecule has 1 spiro atoms. The Labute approximate surface area is 125 Å². The van der Waals surface area contributed by atoms with Crippen molar-refractivity contribution in [1.29, 1.82) is 0 Å². The van der Waals surface area contributed by atoms with E-state index >= 15 is 0 Å². The number of thiazole rings is 1. The topological polar surface area (TPSA) is 37.4 Å². The molecule has 4 nitrogen and oxygen atoms in total. The number of nitrogens with one attached hydrogen (secondary N) is 1. The van der Waals surface area contributed by atoms with Crippen molar-refractivity contribution in [1.82, 2.24) is 10.3 Å². The van der Waals surface area contributed by atoms with Crippen molar-refractivity contribution < 1.29 is 4.74 Å². The van der Waals surface area contributed by atoms with E-state index in [4.69, 9.17) is 4.74 Å². The third-order valence-corrected chi connectivity index (χ3v) is 5.95. The molecule has 3 rings (SSSR count). The summed E-state index contributed by atoms with van der Waals surface area (Å²) in [5.74, 6) is 0. The zero-order valence-corrected chi connectivity index (χ0v) is 13.5. The molecule has 112 valence electrons. The molecule has 2 aliphatic carbocycles. The van der Waals surface area contributed by atoms with Crippen molar-refractivity contribution in [3.05, 3.63) is 11.1 Å². The summed E-state index contributed by atoms with van der Waals surface area (Å²) in [6.07, 6.45) is 5.68. The van der Waals surface area contributed by atoms with E-state index in [0.29, 0.717) is 17.6 Å². The Bertz CT molecular complexity index is 456. The maximum absolute atomic E-state index is 5.89. The summed E-state index contributed by atoms with van der Waals surface area (Å²) < 4.78 is 5.89. The van der Waals surface area contributed by atoms with Crippen LogP contribution in [0.1, 0.15) is 38.3 Å². The molecule has 2 fully saturated rings. The first-order chi connectivity index (χ1) is 9.65. The second kappa shape index (κ2) is 5.62. The van der Waals surface area contributed by atoms with Crippen molar-refractivity contribution in [2.24, 2.45) is 5.41 Å². The number of nitrogens with zero attached hydrogens (tertiary/aromatic N) is 2. The fraction of sp³-hybridized carbons (Fsp3) is 0.800. The van der Waals surface area contributed by atoms with Crippen LogP contribution in [-0.2, 0) is 11.3 Å². The standard InChI is InChI=1S/C15H25N3OS/c1-4-19-13-8-12(15(13)6-5-7-15)16-9-11-10-20-14(17-11)18(2)3/h10,12-13,16H,4-9H2,1-3H3/t12-,13-/m0/s1. The second-order valence-corrected chi connectivity index (χ2v) is 7.05. The van der Waals surface area contributed by atoms with Gasteiger partial charge in [-0.3, -0.25) is 0 Å². The Morgan fingerprint density at radius 2 is 2.30 bits per heavy atom. The fourth-order valence-electron chi connectivity index (χ4n) is 3.54. The number of hydrogen-bond acceptors (Lipinski definition) is 5. The van der Waals surface area contributed by atoms with Gasteiger partial charge in [0.15, 0.2) is 5.13 Å². The molecule has 0 saturated heterocycles. The molecule has 1 aromatic heterocycles. The van der Waals surface area contributed by atoms with Gasteiger partial charge in [-0.25, -0.2) is 4.98 Å². The van der Waals surface area contributed by atoms with E-state index in [1.54, 1.807) is 11.3 Å². The van der Waals surface area contributed by atoms with E-state index in [2.05, 4.69) is 27.5 Å². The van der Waals surface area contributed by atoms with Crippen LogP contribution in [0.4, 0.5) is 5.13 Å². The summed E-state index contributed by atoms with van der Waals surface area (Å²) >= 11 is 1.71. The zero-order valence-electron chi connectivity index (χ0n) is 12.7. The Balaban J connectivity index is 1.54. The van der Waals surface area contributed by atoms with Crippen molar-refractivity contribution in [3.63, 3.8) is 0 Å². The van der Waals surface area contributed by atoms with Crippen LogP contribution < -0.4 is 10.2 Å². The van der Waals surface area contributed by atoms with Gasteiger partial charge in [-0.1, -0.05) is 6.42 Å². The molecule has 0 aromatic carbocycles. The molecule has 0 aliphatic heterocycles. The number of anilines is 1. The lowest BCUT2D eigenvalue weighted by molar-refractivity contribution is -0.173. The summed E-state index contributed by atoms with van der Waals surface area (Å²) in [7, 11) is 4.08. The van der Waals surface area contributed by atoms with E-state index in [9.17, 15) is 0 Å². The van der Waals surface area contributed by atoms with Crippen molar-refractivity contribution in [2.75, 3.05) is 25.6 Å². The van der Waals surface area contributed by atoms with Crippen LogP contribution in [0.3, 0.4) is 0 Å². The summed E-state index contributed by atoms with van der Waals surface area (Å²) in [6.45, 7) is 3.83. The van der Waals surface area contributed by atoms with E-state index in [0.717, 1.165) is 24.0 Å². The SMILES string of the molecule is CCO[C@H]1C[C@H](NCc2csc(N(C)C)n2)C12CCC2. The monoisotopic (exact) mass is 295 g/mol. The van der Waals surface area contributed by atoms with E-state index in [1.165, 1.54) is 25.7 Å². The Morgan fingerprint density at radius 3 is 2.85 bits per heavy atom. The lowest BCUT2D eigenvalue weighted by Gasteiger charge is -2.61. The Morgan fingerprint density at radius 1 is 1.50 bits per heavy atom. The predicted octanol–water partition coefficient (Wildman–Crippen LogP) is 2.65. The van der Waals surface area contributed by atoms with Gasteiger partial charge < -0.3 is 15.0 Å². The molecular weight excluding hydrogens is 270 g/mol. The average Bonchev–Trinajstić information content (AvgIpc) is 2.79. The highest BCUT2D eigenvalue weighted by atomic mass is 32.1. The second-order valence-electron chi connectivity index (χ2n) is 6.22. The van der Waals surface area contributed by atoms with Gasteiger partial charge in [0.25, 0.3) is 0 Å². The first-order valence-corrected chi connectivity index (χ1v) is 8.50. The van der Waals surface area contributed by atoms with E-state index in [1.807, 2.05) is 14.1 Å². The van der Waals surface area contributed by atoms with Crippen LogP contribution in [-0.4, -0.2) is 37.8 Å². The van der Waals surface area contributed by atoms with Gasteiger partial charge in [0, 0.05) is 44.1 Å². The van der Waals surface area contributed by atoms with Gasteiger partial charge in [-0.15, -0.1) is 11.3 Å². The molecule has 0 unspecified atom stereocenters. The van der Waals surface area contributed by atoms with Crippen LogP contribution in [0, 0.1) is 5.41 Å². The highest BCUT2D eigenvalue weighted by Gasteiger charge is 2.58. The lowest BCUT2D eigenvalue weighted by atomic mass is 9.51. The quantitative estimate of drug-likeness (QED) is 0.875. The molecule has 20 heavy (non-hydrogen) atoms. The summed E-state index contributed by atoms with van der Waals surface area (Å²) in [5, 5.41) is 6.96. The minimum atomic E-state index is 0.441. The minimum absolute atomic E-state index is 0.441. The Kier molecular flexibility index (Phi) is 4.02. The maximum Gasteiger partial charge on any atom is 0.185 e. The molecule has 0 bridgehead atoms. The first kappa shape index (κ1) is 14.3. The first-order valence-electron chi connectivity index (χ1n) is 7.62. The van der Waals surface area contributed by atoms with Crippen LogP contribution in [0.15, 0.2) is 5.38 Å². The largest absolute Gasteiger partial charge is 0.378 e. The zero-order chi connectivity index (χ0) is 14.2. The molecular formula is C15H25N3OS. The third-order valence-electron chi connectivity index (χ3n) is 4.89. The predicted molar refractivity (Wildman–Crippen MR) is 83.4 cm³/mol. The van der Waals surface area contributed by atoms with Gasteiger partial charge in [0.05, 0.1) is 11.8 Å². The third kappa shape index (κ3) is 2.36. The van der Waals surface area contributed by atoms with Crippen LogP contribution in [0.25, 0.3) is 0 Å². The average molecular weight is 295 g/mol. The number of aromatic nitrogens is 1. The van der Waals surface area contributed by atoms with E-state index < -0.39 is 0 Å². The molecule has 2 saturated carbocycles. The molecule has 0 amide bonds. The van der Waals surface area contributed by atoms with Crippen molar-refractivity contribution in [3.8, 4) is 0 Å². The molecule has 2 atom stereocenters. The van der Waals surface area contributed by atoms with E-state index in [-0.39, 0.29) is 0 Å². The van der Waals surface area contributed by atoms with Crippen molar-refractivity contribution >= 4 is 16.5 Å². The Hall–Kier alpha value is -0.650. The lowest BCUT2D eigenvalue weighted by Crippen LogP contribution is -2.66. The van der Waals surface area contributed by atoms with Gasteiger partial charge >= 0.3 is 0 Å². The minimum Gasteiger partial charge on any atom is -0.378 e. The molecule has 5 heteroatoms. The van der Waals surface area contributed by atoms with Gasteiger partial charge in [-0.2, -0.15) is 0 Å². The fourth-order valence-corrected chi connectivity index (χ4v) is 4.29. The van der Waals surface area contributed by atoms with Gasteiger partial charge in [-0.05, 0) is 26.2 Å². The molecule has 1 heterocycles. The van der Waals surface area contributed by atoms with Gasteiger partial charge in [0.2, 0.25) is 0 Å². The highest BCUT2D eigenvalue weighted by molar-refractivity contribution is 7.13. The smallest absolute Gasteiger partial charge is 0.185 e. The normalized spacial score (nSPS) is 27.1. The summed E-state index contributed by atoms with van der Waals surface area (Å²) in [5.41, 5.74) is 1.60. The summed E-state index contributed by atoms with van der Waals surface area (Å²) in [4.78, 5) is 6.70. The van der Waals surface area contributed by atoms with Crippen LogP contribution >= 0.6 is 11.3 Å². The van der Waals surface area contributed by atoms with Crippen molar-refractivity contribution in [2.45, 2.75) is 51.3 Å². The van der Waals surface area contributed by atoms with Crippen LogP contribution in [0.5, 0.6) is 0 Å². The van der Waals surface area contributed by atoms with Crippen LogP contribution in [0.2, 0.25) is 0 Å².